The zero-order valence-electron chi connectivity index (χ0n) is 16.3. The summed E-state index contributed by atoms with van der Waals surface area (Å²) in [5, 5.41) is 3.09. The SMILES string of the molecule is CCN(CC)C(=O)c1ccc(NC(=O)CC2SC(N3CCCC3)=NC2=O)cc1. The van der Waals surface area contributed by atoms with E-state index in [-0.39, 0.29) is 24.1 Å². The minimum Gasteiger partial charge on any atom is -0.351 e. The molecule has 3 rings (SSSR count). The predicted octanol–water partition coefficient (Wildman–Crippen LogP) is 2.59. The summed E-state index contributed by atoms with van der Waals surface area (Å²) in [5.41, 5.74) is 1.20. The number of carbonyl (C=O) groups is 3. The van der Waals surface area contributed by atoms with Crippen molar-refractivity contribution in [1.82, 2.24) is 9.80 Å². The average molecular weight is 403 g/mol. The van der Waals surface area contributed by atoms with Crippen LogP contribution < -0.4 is 5.32 Å². The van der Waals surface area contributed by atoms with E-state index in [1.807, 2.05) is 13.8 Å². The number of hydrogen-bond donors (Lipinski definition) is 1. The molecule has 1 aromatic carbocycles. The first-order valence-electron chi connectivity index (χ1n) is 9.75. The molecular formula is C20H26N4O3S. The van der Waals surface area contributed by atoms with Crippen LogP contribution in [0.3, 0.4) is 0 Å². The molecule has 0 spiro atoms. The topological polar surface area (TPSA) is 82.1 Å². The minimum absolute atomic E-state index is 0.0255. The third-order valence-corrected chi connectivity index (χ3v) is 6.16. The lowest BCUT2D eigenvalue weighted by molar-refractivity contribution is -0.121. The van der Waals surface area contributed by atoms with E-state index in [2.05, 4.69) is 15.2 Å². The molecule has 1 N–H and O–H groups in total. The highest BCUT2D eigenvalue weighted by molar-refractivity contribution is 8.15. The van der Waals surface area contributed by atoms with Gasteiger partial charge in [0.2, 0.25) is 5.91 Å². The van der Waals surface area contributed by atoms with Gasteiger partial charge in [-0.1, -0.05) is 11.8 Å². The van der Waals surface area contributed by atoms with Crippen LogP contribution in [0.15, 0.2) is 29.3 Å². The molecule has 0 radical (unpaired) electrons. The molecule has 1 aromatic rings. The lowest BCUT2D eigenvalue weighted by Crippen LogP contribution is -2.30. The van der Waals surface area contributed by atoms with E-state index in [4.69, 9.17) is 0 Å². The maximum atomic E-state index is 12.3. The van der Waals surface area contributed by atoms with Crippen LogP contribution in [0.2, 0.25) is 0 Å². The molecule has 1 saturated heterocycles. The maximum absolute atomic E-state index is 12.3. The third-order valence-electron chi connectivity index (χ3n) is 4.94. The Morgan fingerprint density at radius 2 is 1.82 bits per heavy atom. The van der Waals surface area contributed by atoms with Crippen LogP contribution in [-0.2, 0) is 9.59 Å². The van der Waals surface area contributed by atoms with Gasteiger partial charge in [0, 0.05) is 43.9 Å². The number of amides is 3. The largest absolute Gasteiger partial charge is 0.351 e. The maximum Gasteiger partial charge on any atom is 0.262 e. The molecule has 3 amide bonds. The molecule has 8 heteroatoms. The number of nitrogens with one attached hydrogen (secondary N) is 1. The minimum atomic E-state index is -0.459. The lowest BCUT2D eigenvalue weighted by atomic mass is 10.1. The molecule has 0 aromatic heterocycles. The van der Waals surface area contributed by atoms with Gasteiger partial charge >= 0.3 is 0 Å². The van der Waals surface area contributed by atoms with Crippen LogP contribution in [0.4, 0.5) is 5.69 Å². The van der Waals surface area contributed by atoms with Crippen molar-refractivity contribution in [2.45, 2.75) is 38.4 Å². The van der Waals surface area contributed by atoms with Crippen LogP contribution in [0.5, 0.6) is 0 Å². The van der Waals surface area contributed by atoms with Gasteiger partial charge in [-0.05, 0) is 51.0 Å². The van der Waals surface area contributed by atoms with Gasteiger partial charge < -0.3 is 15.1 Å². The van der Waals surface area contributed by atoms with Crippen LogP contribution in [0.25, 0.3) is 0 Å². The van der Waals surface area contributed by atoms with Gasteiger partial charge in [-0.25, -0.2) is 0 Å². The number of thioether (sulfide) groups is 1. The van der Waals surface area contributed by atoms with Crippen molar-refractivity contribution < 1.29 is 14.4 Å². The monoisotopic (exact) mass is 402 g/mol. The molecular weight excluding hydrogens is 376 g/mol. The fourth-order valence-electron chi connectivity index (χ4n) is 3.32. The Bertz CT molecular complexity index is 768. The molecule has 1 atom stereocenters. The summed E-state index contributed by atoms with van der Waals surface area (Å²) in [6, 6.07) is 6.84. The zero-order valence-corrected chi connectivity index (χ0v) is 17.1. The van der Waals surface area contributed by atoms with Gasteiger partial charge in [0.1, 0.15) is 5.25 Å². The predicted molar refractivity (Wildman–Crippen MR) is 112 cm³/mol. The summed E-state index contributed by atoms with van der Waals surface area (Å²) < 4.78 is 0. The molecule has 1 fully saturated rings. The summed E-state index contributed by atoms with van der Waals surface area (Å²) >= 11 is 1.38. The normalized spacial score (nSPS) is 18.9. The first-order chi connectivity index (χ1) is 13.5. The Morgan fingerprint density at radius 1 is 1.18 bits per heavy atom. The molecule has 2 aliphatic rings. The molecule has 0 bridgehead atoms. The number of hydrogen-bond acceptors (Lipinski definition) is 5. The number of amidine groups is 1. The number of carbonyl (C=O) groups excluding carboxylic acids is 3. The fourth-order valence-corrected chi connectivity index (χ4v) is 4.44. The second kappa shape index (κ2) is 9.23. The van der Waals surface area contributed by atoms with Crippen molar-refractivity contribution in [3.8, 4) is 0 Å². The second-order valence-electron chi connectivity index (χ2n) is 6.84. The lowest BCUT2D eigenvalue weighted by Gasteiger charge is -2.18. The number of rotatable bonds is 6. The van der Waals surface area contributed by atoms with Gasteiger partial charge in [0.25, 0.3) is 11.8 Å². The number of nitrogens with zero attached hydrogens (tertiary/aromatic N) is 3. The molecule has 0 aliphatic carbocycles. The summed E-state index contributed by atoms with van der Waals surface area (Å²) in [7, 11) is 0. The number of likely N-dealkylation sites (tertiary alicyclic amines) is 1. The molecule has 7 nitrogen and oxygen atoms in total. The van der Waals surface area contributed by atoms with Crippen molar-refractivity contribution >= 4 is 40.3 Å². The van der Waals surface area contributed by atoms with E-state index in [0.717, 1.165) is 31.1 Å². The van der Waals surface area contributed by atoms with Crippen molar-refractivity contribution in [3.63, 3.8) is 0 Å². The van der Waals surface area contributed by atoms with Crippen LogP contribution in [0, 0.1) is 0 Å². The summed E-state index contributed by atoms with van der Waals surface area (Å²) in [5.74, 6) is -0.490. The highest BCUT2D eigenvalue weighted by atomic mass is 32.2. The number of benzene rings is 1. The summed E-state index contributed by atoms with van der Waals surface area (Å²) in [6.45, 7) is 7.05. The Labute approximate surface area is 169 Å². The third kappa shape index (κ3) is 4.73. The van der Waals surface area contributed by atoms with E-state index in [1.165, 1.54) is 11.8 Å². The van der Waals surface area contributed by atoms with Crippen LogP contribution >= 0.6 is 11.8 Å². The molecule has 2 heterocycles. The Hall–Kier alpha value is -2.35. The Kier molecular flexibility index (Phi) is 6.72. The first kappa shape index (κ1) is 20.4. The van der Waals surface area contributed by atoms with Crippen LogP contribution in [-0.4, -0.2) is 64.1 Å². The zero-order chi connectivity index (χ0) is 20.1. The van der Waals surface area contributed by atoms with Crippen LogP contribution in [0.1, 0.15) is 43.5 Å². The van der Waals surface area contributed by atoms with Gasteiger partial charge in [-0.15, -0.1) is 0 Å². The van der Waals surface area contributed by atoms with Gasteiger partial charge in [-0.3, -0.25) is 14.4 Å². The number of anilines is 1. The highest BCUT2D eigenvalue weighted by Gasteiger charge is 2.33. The van der Waals surface area contributed by atoms with Crippen molar-refractivity contribution in [2.24, 2.45) is 4.99 Å². The van der Waals surface area contributed by atoms with E-state index >= 15 is 0 Å². The summed E-state index contributed by atoms with van der Waals surface area (Å²) in [6.07, 6.45) is 2.32. The van der Waals surface area contributed by atoms with Crippen molar-refractivity contribution in [3.05, 3.63) is 29.8 Å². The van der Waals surface area contributed by atoms with Gasteiger partial charge in [-0.2, -0.15) is 4.99 Å². The van der Waals surface area contributed by atoms with Crippen molar-refractivity contribution in [2.75, 3.05) is 31.5 Å². The van der Waals surface area contributed by atoms with E-state index < -0.39 is 5.25 Å². The molecule has 1 unspecified atom stereocenters. The second-order valence-corrected chi connectivity index (χ2v) is 8.01. The smallest absolute Gasteiger partial charge is 0.262 e. The summed E-state index contributed by atoms with van der Waals surface area (Å²) in [4.78, 5) is 44.8. The molecule has 28 heavy (non-hydrogen) atoms. The fraction of sp³-hybridized carbons (Fsp3) is 0.500. The molecule has 2 aliphatic heterocycles. The molecule has 150 valence electrons. The molecule has 0 saturated carbocycles. The Balaban J connectivity index is 1.52. The van der Waals surface area contributed by atoms with E-state index in [9.17, 15) is 14.4 Å². The van der Waals surface area contributed by atoms with E-state index in [0.29, 0.717) is 24.3 Å². The highest BCUT2D eigenvalue weighted by Crippen LogP contribution is 2.29. The van der Waals surface area contributed by atoms with Gasteiger partial charge in [0.05, 0.1) is 0 Å². The average Bonchev–Trinajstić information content (AvgIpc) is 3.33. The standard InChI is InChI=1S/C20H26N4O3S/c1-3-23(4-2)19(27)14-7-9-15(10-8-14)21-17(25)13-16-18(26)22-20(28-16)24-11-5-6-12-24/h7-10,16H,3-6,11-13H2,1-2H3,(H,21,25). The van der Waals surface area contributed by atoms with Crippen molar-refractivity contribution in [1.29, 1.82) is 0 Å². The van der Waals surface area contributed by atoms with E-state index in [1.54, 1.807) is 29.2 Å². The quantitative estimate of drug-likeness (QED) is 0.791. The number of aliphatic imine (C=N–C) groups is 1. The van der Waals surface area contributed by atoms with Gasteiger partial charge in [0.15, 0.2) is 5.17 Å². The Morgan fingerprint density at radius 3 is 2.43 bits per heavy atom. The first-order valence-corrected chi connectivity index (χ1v) is 10.6.